The zero-order chi connectivity index (χ0) is 13.6. The maximum atomic E-state index is 11.9. The molecule has 0 aromatic carbocycles. The number of hydrogen-bond acceptors (Lipinski definition) is 3. The molecule has 17 heavy (non-hydrogen) atoms. The van der Waals surface area contributed by atoms with Gasteiger partial charge < -0.3 is 10.0 Å². The molecule has 6 heteroatoms. The molecule has 0 radical (unpaired) electrons. The molecule has 5 nitrogen and oxygen atoms in total. The van der Waals surface area contributed by atoms with E-state index in [1.807, 2.05) is 13.8 Å². The van der Waals surface area contributed by atoms with Crippen molar-refractivity contribution in [1.29, 1.82) is 0 Å². The number of rotatable bonds is 7. The van der Waals surface area contributed by atoms with Gasteiger partial charge in [-0.15, -0.1) is 0 Å². The van der Waals surface area contributed by atoms with E-state index in [4.69, 9.17) is 5.11 Å². The monoisotopic (exact) mass is 263 g/mol. The third-order valence-corrected chi connectivity index (χ3v) is 4.36. The zero-order valence-corrected chi connectivity index (χ0v) is 11.6. The summed E-state index contributed by atoms with van der Waals surface area (Å²) in [5, 5.41) is 7.98. The summed E-state index contributed by atoms with van der Waals surface area (Å²) < 4.78 is 11.9. The summed E-state index contributed by atoms with van der Waals surface area (Å²) >= 11 is 0. The Kier molecular flexibility index (Phi) is 7.03. The number of carbonyl (C=O) groups excluding carboxylic acids is 1. The number of carboxylic acid groups (broad SMARTS) is 1. The topological polar surface area (TPSA) is 74.7 Å². The van der Waals surface area contributed by atoms with Crippen LogP contribution < -0.4 is 0 Å². The quantitative estimate of drug-likeness (QED) is 0.734. The van der Waals surface area contributed by atoms with Gasteiger partial charge in [0.05, 0.1) is 0 Å². The number of carbonyl (C=O) groups is 2. The second-order valence-corrected chi connectivity index (χ2v) is 5.65. The molecule has 0 saturated carbocycles. The van der Waals surface area contributed by atoms with Crippen LogP contribution in [0.3, 0.4) is 0 Å². The number of amides is 1. The molecule has 100 valence electrons. The minimum absolute atomic E-state index is 0.211. The standard InChI is InChI=1S/C11H21NO4S/c1-5-12(6-2)9(13)7-17(16)10(8(3)4)11(14)15/h8,10H,5-7H2,1-4H3,(H,14,15). The highest BCUT2D eigenvalue weighted by atomic mass is 32.2. The third kappa shape index (κ3) is 4.85. The Hall–Kier alpha value is -0.910. The van der Waals surface area contributed by atoms with Crippen molar-refractivity contribution in [3.05, 3.63) is 0 Å². The van der Waals surface area contributed by atoms with Gasteiger partial charge in [-0.2, -0.15) is 0 Å². The summed E-state index contributed by atoms with van der Waals surface area (Å²) in [6.07, 6.45) is 0. The fourth-order valence-corrected chi connectivity index (χ4v) is 3.02. The normalized spacial score (nSPS) is 14.4. The van der Waals surface area contributed by atoms with Crippen molar-refractivity contribution < 1.29 is 18.9 Å². The third-order valence-electron chi connectivity index (χ3n) is 2.51. The summed E-state index contributed by atoms with van der Waals surface area (Å²) in [4.78, 5) is 24.2. The van der Waals surface area contributed by atoms with E-state index in [0.29, 0.717) is 13.1 Å². The molecule has 0 spiro atoms. The van der Waals surface area contributed by atoms with E-state index < -0.39 is 22.0 Å². The van der Waals surface area contributed by atoms with Crippen LogP contribution in [0.15, 0.2) is 0 Å². The van der Waals surface area contributed by atoms with E-state index in [-0.39, 0.29) is 17.6 Å². The van der Waals surface area contributed by atoms with Gasteiger partial charge >= 0.3 is 5.97 Å². The predicted molar refractivity (Wildman–Crippen MR) is 67.2 cm³/mol. The lowest BCUT2D eigenvalue weighted by atomic mass is 10.1. The summed E-state index contributed by atoms with van der Waals surface area (Å²) in [5.74, 6) is -1.82. The van der Waals surface area contributed by atoms with E-state index in [1.165, 1.54) is 0 Å². The van der Waals surface area contributed by atoms with Gasteiger partial charge in [-0.3, -0.25) is 13.8 Å². The van der Waals surface area contributed by atoms with E-state index in [1.54, 1.807) is 18.7 Å². The Bertz CT molecular complexity index is 300. The highest BCUT2D eigenvalue weighted by molar-refractivity contribution is 7.87. The Morgan fingerprint density at radius 2 is 1.71 bits per heavy atom. The smallest absolute Gasteiger partial charge is 0.319 e. The first-order valence-corrected chi connectivity index (χ1v) is 7.11. The van der Waals surface area contributed by atoms with Crippen molar-refractivity contribution in [2.24, 2.45) is 5.92 Å². The van der Waals surface area contributed by atoms with Crippen LogP contribution in [0, 0.1) is 5.92 Å². The van der Waals surface area contributed by atoms with Gasteiger partial charge in [0.15, 0.2) is 0 Å². The first kappa shape index (κ1) is 16.1. The first-order chi connectivity index (χ1) is 7.84. The van der Waals surface area contributed by atoms with E-state index >= 15 is 0 Å². The average molecular weight is 263 g/mol. The Labute approximate surface area is 105 Å². The molecule has 0 fully saturated rings. The summed E-state index contributed by atoms with van der Waals surface area (Å²) in [6.45, 7) is 8.15. The summed E-state index contributed by atoms with van der Waals surface area (Å²) in [7, 11) is -1.66. The average Bonchev–Trinajstić information content (AvgIpc) is 2.17. The first-order valence-electron chi connectivity index (χ1n) is 5.72. The van der Waals surface area contributed by atoms with Crippen LogP contribution in [-0.2, 0) is 20.4 Å². The van der Waals surface area contributed by atoms with Gasteiger partial charge in [-0.25, -0.2) is 0 Å². The van der Waals surface area contributed by atoms with E-state index in [9.17, 15) is 13.8 Å². The lowest BCUT2D eigenvalue weighted by molar-refractivity contribution is -0.137. The highest BCUT2D eigenvalue weighted by Gasteiger charge is 2.30. The molecule has 0 aromatic heterocycles. The minimum atomic E-state index is -1.66. The van der Waals surface area contributed by atoms with Crippen molar-refractivity contribution in [3.8, 4) is 0 Å². The van der Waals surface area contributed by atoms with Crippen LogP contribution in [0.5, 0.6) is 0 Å². The maximum Gasteiger partial charge on any atom is 0.319 e. The fourth-order valence-electron chi connectivity index (χ4n) is 1.58. The number of aliphatic carboxylic acids is 1. The number of hydrogen-bond donors (Lipinski definition) is 1. The van der Waals surface area contributed by atoms with Crippen molar-refractivity contribution in [1.82, 2.24) is 4.90 Å². The lowest BCUT2D eigenvalue weighted by Gasteiger charge is -2.20. The molecular weight excluding hydrogens is 242 g/mol. The second-order valence-electron chi connectivity index (χ2n) is 4.09. The van der Waals surface area contributed by atoms with Crippen LogP contribution in [-0.4, -0.2) is 50.2 Å². The van der Waals surface area contributed by atoms with Gasteiger partial charge in [-0.1, -0.05) is 13.8 Å². The van der Waals surface area contributed by atoms with Crippen LogP contribution in [0.1, 0.15) is 27.7 Å². The van der Waals surface area contributed by atoms with Crippen molar-refractivity contribution in [3.63, 3.8) is 0 Å². The van der Waals surface area contributed by atoms with Gasteiger partial charge in [0, 0.05) is 23.9 Å². The largest absolute Gasteiger partial charge is 0.480 e. The molecule has 2 unspecified atom stereocenters. The molecule has 0 heterocycles. The SMILES string of the molecule is CCN(CC)C(=O)CS(=O)C(C(=O)O)C(C)C. The molecule has 0 aliphatic heterocycles. The van der Waals surface area contributed by atoms with E-state index in [2.05, 4.69) is 0 Å². The van der Waals surface area contributed by atoms with Gasteiger partial charge in [0.2, 0.25) is 5.91 Å². The van der Waals surface area contributed by atoms with Gasteiger partial charge in [0.1, 0.15) is 11.0 Å². The van der Waals surface area contributed by atoms with E-state index in [0.717, 1.165) is 0 Å². The fraction of sp³-hybridized carbons (Fsp3) is 0.818. The zero-order valence-electron chi connectivity index (χ0n) is 10.8. The van der Waals surface area contributed by atoms with Crippen LogP contribution in [0.4, 0.5) is 0 Å². The number of nitrogens with zero attached hydrogens (tertiary/aromatic N) is 1. The predicted octanol–water partition coefficient (Wildman–Crippen LogP) is 0.713. The molecule has 1 N–H and O–H groups in total. The van der Waals surface area contributed by atoms with Crippen LogP contribution in [0.25, 0.3) is 0 Å². The Balaban J connectivity index is 4.62. The Morgan fingerprint density at radius 1 is 1.24 bits per heavy atom. The summed E-state index contributed by atoms with van der Waals surface area (Å²) in [5.41, 5.74) is 0. The minimum Gasteiger partial charge on any atom is -0.480 e. The summed E-state index contributed by atoms with van der Waals surface area (Å²) in [6, 6.07) is 0. The van der Waals surface area contributed by atoms with Crippen LogP contribution >= 0.6 is 0 Å². The lowest BCUT2D eigenvalue weighted by Crippen LogP contribution is -2.39. The van der Waals surface area contributed by atoms with Gasteiger partial charge in [-0.05, 0) is 19.8 Å². The molecule has 0 rings (SSSR count). The highest BCUT2D eigenvalue weighted by Crippen LogP contribution is 2.11. The molecule has 0 aromatic rings. The molecule has 0 aliphatic rings. The molecule has 0 bridgehead atoms. The molecular formula is C11H21NO4S. The molecule has 0 aliphatic carbocycles. The maximum absolute atomic E-state index is 11.9. The molecule has 2 atom stereocenters. The Morgan fingerprint density at radius 3 is 2.00 bits per heavy atom. The van der Waals surface area contributed by atoms with Crippen molar-refractivity contribution in [2.75, 3.05) is 18.8 Å². The molecule has 0 saturated heterocycles. The van der Waals surface area contributed by atoms with Crippen molar-refractivity contribution >= 4 is 22.7 Å². The second kappa shape index (κ2) is 7.42. The number of carboxylic acids is 1. The van der Waals surface area contributed by atoms with Crippen LogP contribution in [0.2, 0.25) is 0 Å². The van der Waals surface area contributed by atoms with Gasteiger partial charge in [0.25, 0.3) is 0 Å². The van der Waals surface area contributed by atoms with Crippen molar-refractivity contribution in [2.45, 2.75) is 32.9 Å². The molecule has 1 amide bonds.